The average molecular weight is 260 g/mol. The van der Waals surface area contributed by atoms with E-state index in [1.165, 1.54) is 0 Å². The average Bonchev–Trinajstić information content (AvgIpc) is 2.24. The van der Waals surface area contributed by atoms with Crippen LogP contribution in [0, 0.1) is 11.8 Å². The van der Waals surface area contributed by atoms with Crippen LogP contribution in [0.15, 0.2) is 0 Å². The lowest BCUT2D eigenvalue weighted by Gasteiger charge is -2.45. The lowest BCUT2D eigenvalue weighted by molar-refractivity contribution is -0.441. The van der Waals surface area contributed by atoms with Crippen LogP contribution in [0.4, 0.5) is 0 Å². The van der Waals surface area contributed by atoms with E-state index in [9.17, 15) is 5.11 Å². The molecule has 1 rings (SSSR count). The van der Waals surface area contributed by atoms with Crippen LogP contribution in [0.1, 0.15) is 48.5 Å². The molecule has 0 radical (unpaired) electrons. The van der Waals surface area contributed by atoms with Crippen LogP contribution in [-0.4, -0.2) is 35.5 Å². The standard InChI is InChI=1S/C14H28O4/c1-8(10(3)15)11(4)16-14(7)17-12(5)9(2)13(6)18-14/h8-13,15H,1-7H3. The molecular weight excluding hydrogens is 232 g/mol. The van der Waals surface area contributed by atoms with Gasteiger partial charge < -0.3 is 19.3 Å². The van der Waals surface area contributed by atoms with Gasteiger partial charge >= 0.3 is 0 Å². The Morgan fingerprint density at radius 3 is 1.89 bits per heavy atom. The Labute approximate surface area is 111 Å². The molecule has 0 spiro atoms. The van der Waals surface area contributed by atoms with Gasteiger partial charge in [0.2, 0.25) is 0 Å². The van der Waals surface area contributed by atoms with Crippen molar-refractivity contribution in [3.05, 3.63) is 0 Å². The van der Waals surface area contributed by atoms with Crippen LogP contribution >= 0.6 is 0 Å². The maximum absolute atomic E-state index is 9.59. The van der Waals surface area contributed by atoms with E-state index in [0.29, 0.717) is 5.92 Å². The lowest BCUT2D eigenvalue weighted by atomic mass is 9.98. The van der Waals surface area contributed by atoms with Crippen molar-refractivity contribution in [2.75, 3.05) is 0 Å². The number of hydrogen-bond acceptors (Lipinski definition) is 4. The summed E-state index contributed by atoms with van der Waals surface area (Å²) in [6.45, 7) is 13.6. The zero-order valence-electron chi connectivity index (χ0n) is 12.6. The maximum atomic E-state index is 9.59. The second kappa shape index (κ2) is 5.87. The van der Waals surface area contributed by atoms with Crippen LogP contribution in [-0.2, 0) is 14.2 Å². The Balaban J connectivity index is 2.65. The van der Waals surface area contributed by atoms with Crippen LogP contribution in [0.5, 0.6) is 0 Å². The summed E-state index contributed by atoms with van der Waals surface area (Å²) in [5.74, 6) is -0.654. The number of aliphatic hydroxyl groups excluding tert-OH is 1. The fraction of sp³-hybridized carbons (Fsp3) is 1.00. The van der Waals surface area contributed by atoms with Crippen molar-refractivity contribution in [2.45, 2.75) is 78.9 Å². The van der Waals surface area contributed by atoms with Crippen molar-refractivity contribution >= 4 is 0 Å². The fourth-order valence-corrected chi connectivity index (χ4v) is 2.19. The monoisotopic (exact) mass is 260 g/mol. The highest BCUT2D eigenvalue weighted by Gasteiger charge is 2.42. The van der Waals surface area contributed by atoms with Crippen molar-refractivity contribution < 1.29 is 19.3 Å². The molecular formula is C14H28O4. The van der Waals surface area contributed by atoms with Crippen LogP contribution in [0.2, 0.25) is 0 Å². The fourth-order valence-electron chi connectivity index (χ4n) is 2.19. The smallest absolute Gasteiger partial charge is 0.280 e. The zero-order chi connectivity index (χ0) is 14.1. The molecule has 0 bridgehead atoms. The number of aliphatic hydroxyl groups is 1. The predicted octanol–water partition coefficient (Wildman–Crippen LogP) is 2.54. The third-order valence-electron chi connectivity index (χ3n) is 4.18. The third-order valence-corrected chi connectivity index (χ3v) is 4.18. The predicted molar refractivity (Wildman–Crippen MR) is 70.1 cm³/mol. The molecule has 4 nitrogen and oxygen atoms in total. The summed E-state index contributed by atoms with van der Waals surface area (Å²) >= 11 is 0. The third kappa shape index (κ3) is 3.67. The van der Waals surface area contributed by atoms with Crippen molar-refractivity contribution in [1.29, 1.82) is 0 Å². The van der Waals surface area contributed by atoms with Gasteiger partial charge in [0, 0.05) is 18.8 Å². The summed E-state index contributed by atoms with van der Waals surface area (Å²) in [6.07, 6.45) is -0.371. The first-order chi connectivity index (χ1) is 8.16. The Bertz CT molecular complexity index is 255. The lowest BCUT2D eigenvalue weighted by Crippen LogP contribution is -2.53. The molecule has 1 fully saturated rings. The Kier molecular flexibility index (Phi) is 5.18. The van der Waals surface area contributed by atoms with E-state index in [-0.39, 0.29) is 24.2 Å². The van der Waals surface area contributed by atoms with Gasteiger partial charge in [0.25, 0.3) is 5.97 Å². The summed E-state index contributed by atoms with van der Waals surface area (Å²) in [5, 5.41) is 9.59. The van der Waals surface area contributed by atoms with E-state index in [1.54, 1.807) is 13.8 Å². The molecule has 18 heavy (non-hydrogen) atoms. The summed E-state index contributed by atoms with van der Waals surface area (Å²) in [6, 6.07) is 0. The summed E-state index contributed by atoms with van der Waals surface area (Å²) in [5.41, 5.74) is 0. The first-order valence-electron chi connectivity index (χ1n) is 6.88. The molecule has 0 aliphatic carbocycles. The van der Waals surface area contributed by atoms with Crippen molar-refractivity contribution in [1.82, 2.24) is 0 Å². The van der Waals surface area contributed by atoms with Gasteiger partial charge in [-0.05, 0) is 27.7 Å². The van der Waals surface area contributed by atoms with Gasteiger partial charge in [-0.2, -0.15) is 0 Å². The molecule has 0 aromatic carbocycles. The van der Waals surface area contributed by atoms with E-state index >= 15 is 0 Å². The number of ether oxygens (including phenoxy) is 3. The molecule has 5 atom stereocenters. The summed E-state index contributed by atoms with van der Waals surface area (Å²) in [7, 11) is 0. The van der Waals surface area contributed by atoms with E-state index in [1.807, 2.05) is 27.7 Å². The minimum absolute atomic E-state index is 0.0268. The molecule has 4 heteroatoms. The molecule has 0 amide bonds. The summed E-state index contributed by atoms with van der Waals surface area (Å²) in [4.78, 5) is 0. The minimum atomic E-state index is -1.02. The zero-order valence-corrected chi connectivity index (χ0v) is 12.6. The van der Waals surface area contributed by atoms with Gasteiger partial charge in [0.1, 0.15) is 0 Å². The van der Waals surface area contributed by atoms with Crippen molar-refractivity contribution in [3.8, 4) is 0 Å². The van der Waals surface area contributed by atoms with E-state index in [2.05, 4.69) is 6.92 Å². The summed E-state index contributed by atoms with van der Waals surface area (Å²) < 4.78 is 17.5. The molecule has 0 aromatic heterocycles. The highest BCUT2D eigenvalue weighted by atomic mass is 16.9. The molecule has 1 N–H and O–H groups in total. The molecule has 0 aromatic rings. The second-order valence-electron chi connectivity index (χ2n) is 5.79. The van der Waals surface area contributed by atoms with Crippen molar-refractivity contribution in [3.63, 3.8) is 0 Å². The van der Waals surface area contributed by atoms with Gasteiger partial charge in [0.05, 0.1) is 24.4 Å². The normalized spacial score (nSPS) is 42.3. The Morgan fingerprint density at radius 1 is 1.06 bits per heavy atom. The molecule has 1 heterocycles. The second-order valence-corrected chi connectivity index (χ2v) is 5.79. The van der Waals surface area contributed by atoms with Gasteiger partial charge in [-0.25, -0.2) is 0 Å². The van der Waals surface area contributed by atoms with Gasteiger partial charge in [-0.1, -0.05) is 13.8 Å². The largest absolute Gasteiger partial charge is 0.393 e. The first-order valence-corrected chi connectivity index (χ1v) is 6.88. The topological polar surface area (TPSA) is 47.9 Å². The van der Waals surface area contributed by atoms with E-state index < -0.39 is 12.1 Å². The number of hydrogen-bond donors (Lipinski definition) is 1. The van der Waals surface area contributed by atoms with E-state index in [4.69, 9.17) is 14.2 Å². The molecule has 1 aliphatic rings. The van der Waals surface area contributed by atoms with Crippen LogP contribution in [0.25, 0.3) is 0 Å². The Hall–Kier alpha value is -0.160. The molecule has 0 saturated carbocycles. The minimum Gasteiger partial charge on any atom is -0.393 e. The van der Waals surface area contributed by atoms with Gasteiger partial charge in [-0.3, -0.25) is 0 Å². The molecule has 108 valence electrons. The first kappa shape index (κ1) is 15.9. The van der Waals surface area contributed by atoms with Gasteiger partial charge in [0.15, 0.2) is 0 Å². The van der Waals surface area contributed by atoms with E-state index in [0.717, 1.165) is 0 Å². The van der Waals surface area contributed by atoms with Crippen LogP contribution in [0.3, 0.4) is 0 Å². The molecule has 5 unspecified atom stereocenters. The van der Waals surface area contributed by atoms with Crippen LogP contribution < -0.4 is 0 Å². The highest BCUT2D eigenvalue weighted by Crippen LogP contribution is 2.33. The molecule has 1 saturated heterocycles. The van der Waals surface area contributed by atoms with Gasteiger partial charge in [-0.15, -0.1) is 0 Å². The Morgan fingerprint density at radius 2 is 1.50 bits per heavy atom. The maximum Gasteiger partial charge on any atom is 0.280 e. The number of rotatable bonds is 4. The quantitative estimate of drug-likeness (QED) is 0.844. The molecule has 1 aliphatic heterocycles. The van der Waals surface area contributed by atoms with Crippen molar-refractivity contribution in [2.24, 2.45) is 11.8 Å². The SMILES string of the molecule is CC(O)C(C)C(C)OC1(C)OC(C)C(C)C(C)O1. The highest BCUT2D eigenvalue weighted by molar-refractivity contribution is 4.77.